The van der Waals surface area contributed by atoms with Crippen molar-refractivity contribution in [3.05, 3.63) is 35.3 Å². The molecule has 0 spiro atoms. The quantitative estimate of drug-likeness (QED) is 0.835. The van der Waals surface area contributed by atoms with Crippen molar-refractivity contribution in [1.82, 2.24) is 4.90 Å². The first-order chi connectivity index (χ1) is 12.4. The predicted octanol–water partition coefficient (Wildman–Crippen LogP) is 1.76. The van der Waals surface area contributed by atoms with Gasteiger partial charge in [0, 0.05) is 24.0 Å². The van der Waals surface area contributed by atoms with Gasteiger partial charge in [-0.2, -0.15) is 0 Å². The average Bonchev–Trinajstić information content (AvgIpc) is 2.98. The van der Waals surface area contributed by atoms with Crippen LogP contribution in [-0.4, -0.2) is 42.4 Å². The van der Waals surface area contributed by atoms with E-state index in [9.17, 15) is 18.8 Å². The Labute approximate surface area is 148 Å². The second-order valence-corrected chi connectivity index (χ2v) is 6.33. The molecule has 1 saturated heterocycles. The maximum atomic E-state index is 13.8. The summed E-state index contributed by atoms with van der Waals surface area (Å²) in [5.74, 6) is -2.79. The van der Waals surface area contributed by atoms with Crippen molar-refractivity contribution in [3.8, 4) is 0 Å². The smallest absolute Gasteiger partial charge is 0.375 e. The van der Waals surface area contributed by atoms with Crippen LogP contribution in [-0.2, 0) is 14.3 Å². The molecular formula is C18H19FN2O5. The number of benzene rings is 1. The number of ether oxygens (including phenoxy) is 1. The molecule has 1 atom stereocenters. The van der Waals surface area contributed by atoms with Crippen LogP contribution >= 0.6 is 0 Å². The molecule has 7 nitrogen and oxygen atoms in total. The first kappa shape index (κ1) is 17.9. The summed E-state index contributed by atoms with van der Waals surface area (Å²) in [7, 11) is 0. The van der Waals surface area contributed by atoms with Crippen LogP contribution in [0.4, 0.5) is 4.39 Å². The fraction of sp³-hybridized carbons (Fsp3) is 0.389. The van der Waals surface area contributed by atoms with Crippen LogP contribution in [0.2, 0.25) is 0 Å². The minimum atomic E-state index is -0.838. The summed E-state index contributed by atoms with van der Waals surface area (Å²) in [6.45, 7) is 1.84. The highest BCUT2D eigenvalue weighted by Gasteiger charge is 2.28. The summed E-state index contributed by atoms with van der Waals surface area (Å²) in [4.78, 5) is 37.2. The number of rotatable bonds is 4. The average molecular weight is 362 g/mol. The molecule has 1 aromatic heterocycles. The lowest BCUT2D eigenvalue weighted by Crippen LogP contribution is -2.45. The maximum Gasteiger partial charge on any atom is 0.375 e. The molecule has 3 rings (SSSR count). The maximum absolute atomic E-state index is 13.8. The van der Waals surface area contributed by atoms with Crippen molar-refractivity contribution >= 4 is 28.8 Å². The van der Waals surface area contributed by atoms with Crippen molar-refractivity contribution in [3.63, 3.8) is 0 Å². The molecule has 1 aromatic carbocycles. The molecule has 2 N–H and O–H groups in total. The topological polar surface area (TPSA) is 103 Å². The molecule has 2 heterocycles. The van der Waals surface area contributed by atoms with Crippen LogP contribution in [0.25, 0.3) is 11.0 Å². The van der Waals surface area contributed by atoms with Gasteiger partial charge in [-0.05, 0) is 25.8 Å². The Morgan fingerprint density at radius 3 is 2.85 bits per heavy atom. The summed E-state index contributed by atoms with van der Waals surface area (Å²) >= 11 is 0. The van der Waals surface area contributed by atoms with Crippen LogP contribution in [0, 0.1) is 18.7 Å². The van der Waals surface area contributed by atoms with E-state index in [1.165, 1.54) is 17.0 Å². The molecule has 0 unspecified atom stereocenters. The number of esters is 1. The summed E-state index contributed by atoms with van der Waals surface area (Å²) in [6, 6.07) is 4.39. The van der Waals surface area contributed by atoms with Gasteiger partial charge in [-0.15, -0.1) is 0 Å². The number of amides is 2. The SMILES string of the molecule is Cc1c(C(=O)OCC(=O)N2CCC[C@H](C(N)=O)C2)oc2c(F)cccc12. The standard InChI is InChI=1S/C18H19FN2O5/c1-10-12-5-2-6-13(19)16(12)26-15(10)18(24)25-9-14(22)21-7-3-4-11(8-21)17(20)23/h2,5-6,11H,3-4,7-9H2,1H3,(H2,20,23)/t11-/m0/s1. The lowest BCUT2D eigenvalue weighted by atomic mass is 9.97. The molecule has 1 aliphatic heterocycles. The van der Waals surface area contributed by atoms with E-state index in [-0.39, 0.29) is 23.8 Å². The summed E-state index contributed by atoms with van der Waals surface area (Å²) in [5.41, 5.74) is 5.71. The number of carbonyl (C=O) groups is 3. The van der Waals surface area contributed by atoms with Crippen LogP contribution in [0.3, 0.4) is 0 Å². The largest absolute Gasteiger partial charge is 0.450 e. The number of piperidine rings is 1. The summed E-state index contributed by atoms with van der Waals surface area (Å²) in [5, 5.41) is 0.476. The molecule has 0 radical (unpaired) electrons. The normalized spacial score (nSPS) is 17.3. The van der Waals surface area contributed by atoms with E-state index in [0.717, 1.165) is 0 Å². The van der Waals surface area contributed by atoms with Crippen molar-refractivity contribution in [2.24, 2.45) is 11.7 Å². The van der Waals surface area contributed by atoms with Gasteiger partial charge in [-0.3, -0.25) is 9.59 Å². The molecule has 8 heteroatoms. The molecule has 2 aromatic rings. The fourth-order valence-corrected chi connectivity index (χ4v) is 3.12. The lowest BCUT2D eigenvalue weighted by Gasteiger charge is -2.30. The lowest BCUT2D eigenvalue weighted by molar-refractivity contribution is -0.137. The number of halogens is 1. The molecule has 0 aliphatic carbocycles. The minimum Gasteiger partial charge on any atom is -0.450 e. The van der Waals surface area contributed by atoms with Crippen LogP contribution < -0.4 is 5.73 Å². The number of para-hydroxylation sites is 1. The highest BCUT2D eigenvalue weighted by atomic mass is 19.1. The Hall–Kier alpha value is -2.90. The second-order valence-electron chi connectivity index (χ2n) is 6.33. The molecule has 2 amide bonds. The molecular weight excluding hydrogens is 343 g/mol. The molecule has 0 saturated carbocycles. The third-order valence-electron chi connectivity index (χ3n) is 4.60. The van der Waals surface area contributed by atoms with E-state index >= 15 is 0 Å². The fourth-order valence-electron chi connectivity index (χ4n) is 3.12. The Morgan fingerprint density at radius 2 is 2.15 bits per heavy atom. The number of fused-ring (bicyclic) bond motifs is 1. The Bertz CT molecular complexity index is 876. The van der Waals surface area contributed by atoms with Gasteiger partial charge in [0.15, 0.2) is 18.0 Å². The van der Waals surface area contributed by atoms with E-state index in [2.05, 4.69) is 0 Å². The molecule has 0 bridgehead atoms. The van der Waals surface area contributed by atoms with Crippen molar-refractivity contribution in [1.29, 1.82) is 0 Å². The third kappa shape index (κ3) is 3.40. The molecule has 26 heavy (non-hydrogen) atoms. The monoisotopic (exact) mass is 362 g/mol. The number of hydrogen-bond acceptors (Lipinski definition) is 5. The van der Waals surface area contributed by atoms with Gasteiger partial charge in [0.2, 0.25) is 11.7 Å². The van der Waals surface area contributed by atoms with E-state index in [0.29, 0.717) is 30.3 Å². The zero-order chi connectivity index (χ0) is 18.8. The molecule has 1 aliphatic rings. The van der Waals surface area contributed by atoms with Gasteiger partial charge < -0.3 is 19.8 Å². The number of hydrogen-bond donors (Lipinski definition) is 1. The number of aryl methyl sites for hydroxylation is 1. The number of nitrogens with zero attached hydrogens (tertiary/aromatic N) is 1. The molecule has 1 fully saturated rings. The van der Waals surface area contributed by atoms with E-state index in [4.69, 9.17) is 14.9 Å². The minimum absolute atomic E-state index is 0.0244. The van der Waals surface area contributed by atoms with Gasteiger partial charge in [-0.1, -0.05) is 12.1 Å². The number of likely N-dealkylation sites (tertiary alicyclic amines) is 1. The first-order valence-corrected chi connectivity index (χ1v) is 8.30. The first-order valence-electron chi connectivity index (χ1n) is 8.30. The van der Waals surface area contributed by atoms with Crippen molar-refractivity contribution in [2.45, 2.75) is 19.8 Å². The van der Waals surface area contributed by atoms with Crippen LogP contribution in [0.1, 0.15) is 29.0 Å². The zero-order valence-corrected chi connectivity index (χ0v) is 14.3. The Morgan fingerprint density at radius 1 is 1.38 bits per heavy atom. The van der Waals surface area contributed by atoms with Crippen LogP contribution in [0.15, 0.2) is 22.6 Å². The number of nitrogens with two attached hydrogens (primary N) is 1. The Kier molecular flexibility index (Phi) is 4.92. The van der Waals surface area contributed by atoms with E-state index < -0.39 is 30.2 Å². The van der Waals surface area contributed by atoms with Crippen molar-refractivity contribution in [2.75, 3.05) is 19.7 Å². The number of primary amides is 1. The highest BCUT2D eigenvalue weighted by Crippen LogP contribution is 2.27. The predicted molar refractivity (Wildman–Crippen MR) is 89.7 cm³/mol. The van der Waals surface area contributed by atoms with E-state index in [1.54, 1.807) is 13.0 Å². The molecule has 138 valence electrons. The second kappa shape index (κ2) is 7.15. The zero-order valence-electron chi connectivity index (χ0n) is 14.3. The summed E-state index contributed by atoms with van der Waals surface area (Å²) in [6.07, 6.45) is 1.30. The van der Waals surface area contributed by atoms with Gasteiger partial charge in [0.1, 0.15) is 0 Å². The van der Waals surface area contributed by atoms with Gasteiger partial charge in [0.25, 0.3) is 5.91 Å². The number of carbonyl (C=O) groups excluding carboxylic acids is 3. The summed E-state index contributed by atoms with van der Waals surface area (Å²) < 4.78 is 24.1. The van der Waals surface area contributed by atoms with E-state index in [1.807, 2.05) is 0 Å². The van der Waals surface area contributed by atoms with Gasteiger partial charge >= 0.3 is 5.97 Å². The van der Waals surface area contributed by atoms with Gasteiger partial charge in [0.05, 0.1) is 5.92 Å². The number of furan rings is 1. The van der Waals surface area contributed by atoms with Crippen molar-refractivity contribution < 1.29 is 27.9 Å². The highest BCUT2D eigenvalue weighted by molar-refractivity contribution is 5.96. The third-order valence-corrected chi connectivity index (χ3v) is 4.60. The van der Waals surface area contributed by atoms with Crippen LogP contribution in [0.5, 0.6) is 0 Å². The Balaban J connectivity index is 1.65. The van der Waals surface area contributed by atoms with Gasteiger partial charge in [-0.25, -0.2) is 9.18 Å².